The van der Waals surface area contributed by atoms with Crippen LogP contribution < -0.4 is 5.32 Å². The molecule has 0 spiro atoms. The molecule has 2 unspecified atom stereocenters. The van der Waals surface area contributed by atoms with E-state index in [1.807, 2.05) is 60.7 Å². The van der Waals surface area contributed by atoms with Crippen molar-refractivity contribution in [1.82, 2.24) is 20.1 Å². The Labute approximate surface area is 210 Å². The molecule has 3 amide bonds. The fourth-order valence-corrected chi connectivity index (χ4v) is 4.18. The van der Waals surface area contributed by atoms with Gasteiger partial charge >= 0.3 is 12.1 Å². The lowest BCUT2D eigenvalue weighted by molar-refractivity contribution is 0.0602. The first-order valence-electron chi connectivity index (χ1n) is 11.4. The van der Waals surface area contributed by atoms with Crippen molar-refractivity contribution in [2.75, 3.05) is 20.6 Å². The van der Waals surface area contributed by atoms with Crippen LogP contribution in [0.5, 0.6) is 0 Å². The molecule has 0 aliphatic carbocycles. The maximum Gasteiger partial charge on any atom is 0.410 e. The number of ether oxygens (including phenoxy) is 1. The summed E-state index contributed by atoms with van der Waals surface area (Å²) in [6.07, 6.45) is 1.15. The summed E-state index contributed by atoms with van der Waals surface area (Å²) in [5, 5.41) is 13.9. The fourth-order valence-electron chi connectivity index (χ4n) is 3.58. The van der Waals surface area contributed by atoms with Gasteiger partial charge in [0.1, 0.15) is 6.61 Å². The van der Waals surface area contributed by atoms with Gasteiger partial charge in [0.25, 0.3) is 0 Å². The largest absolute Gasteiger partial charge is 0.445 e. The number of aliphatic hydroxyl groups excluding tert-OH is 1. The normalized spacial score (nSPS) is 12.4. The topological polar surface area (TPSA) is 95.0 Å². The number of benzene rings is 2. The number of rotatable bonds is 11. The van der Waals surface area contributed by atoms with Crippen LogP contribution in [0, 0.1) is 0 Å². The van der Waals surface area contributed by atoms with Crippen LogP contribution in [-0.2, 0) is 24.3 Å². The van der Waals surface area contributed by atoms with Gasteiger partial charge in [-0.15, -0.1) is 11.3 Å². The van der Waals surface area contributed by atoms with Crippen LogP contribution in [0.15, 0.2) is 72.4 Å². The number of carbonyl (C=O) groups is 2. The first-order valence-corrected chi connectivity index (χ1v) is 12.3. The second kappa shape index (κ2) is 13.5. The Hall–Kier alpha value is -3.43. The zero-order valence-corrected chi connectivity index (χ0v) is 20.9. The van der Waals surface area contributed by atoms with Crippen LogP contribution in [-0.4, -0.2) is 64.8 Å². The summed E-state index contributed by atoms with van der Waals surface area (Å²) in [5.74, 6) is 0. The highest BCUT2D eigenvalue weighted by molar-refractivity contribution is 7.09. The minimum atomic E-state index is -0.872. The van der Waals surface area contributed by atoms with Crippen molar-refractivity contribution in [2.45, 2.75) is 38.1 Å². The molecule has 186 valence electrons. The van der Waals surface area contributed by atoms with Gasteiger partial charge in [0.2, 0.25) is 0 Å². The van der Waals surface area contributed by atoms with Crippen molar-refractivity contribution in [1.29, 1.82) is 0 Å². The van der Waals surface area contributed by atoms with Crippen molar-refractivity contribution >= 4 is 23.5 Å². The molecule has 35 heavy (non-hydrogen) atoms. The molecule has 3 aromatic rings. The van der Waals surface area contributed by atoms with E-state index in [4.69, 9.17) is 4.74 Å². The standard InChI is InChI=1S/C26H32N4O4S/c1-29(2)25(32)28-22(13-20-9-5-3-6-10-20)14-23(31)16-30(17-24-15-27-19-35-24)26(33)34-18-21-11-7-4-8-12-21/h3-12,15,19,22-23,31H,13-14,16-18H2,1-2H3,(H,28,32). The van der Waals surface area contributed by atoms with E-state index in [2.05, 4.69) is 10.3 Å². The van der Waals surface area contributed by atoms with E-state index in [-0.39, 0.29) is 38.2 Å². The van der Waals surface area contributed by atoms with E-state index in [0.29, 0.717) is 6.42 Å². The Kier molecular flexibility index (Phi) is 10.1. The van der Waals surface area contributed by atoms with Crippen LogP contribution in [0.1, 0.15) is 22.4 Å². The van der Waals surface area contributed by atoms with Gasteiger partial charge < -0.3 is 25.0 Å². The zero-order valence-electron chi connectivity index (χ0n) is 20.0. The third-order valence-corrected chi connectivity index (χ3v) is 6.10. The van der Waals surface area contributed by atoms with Gasteiger partial charge in [-0.2, -0.15) is 0 Å². The SMILES string of the molecule is CN(C)C(=O)NC(Cc1ccccc1)CC(O)CN(Cc1cncs1)C(=O)OCc1ccccc1. The highest BCUT2D eigenvalue weighted by Gasteiger charge is 2.24. The predicted octanol–water partition coefficient (Wildman–Crippen LogP) is 3.92. The Bertz CT molecular complexity index is 1030. The Morgan fingerprint density at radius 3 is 2.31 bits per heavy atom. The summed E-state index contributed by atoms with van der Waals surface area (Å²) in [7, 11) is 3.34. The number of nitrogens with one attached hydrogen (secondary N) is 1. The molecule has 0 aliphatic heterocycles. The molecule has 8 nitrogen and oxygen atoms in total. The van der Waals surface area contributed by atoms with E-state index in [9.17, 15) is 14.7 Å². The first kappa shape index (κ1) is 26.2. The molecular formula is C26H32N4O4S. The number of carbonyl (C=O) groups excluding carboxylic acids is 2. The number of nitrogens with zero attached hydrogens (tertiary/aromatic N) is 3. The zero-order chi connectivity index (χ0) is 25.0. The van der Waals surface area contributed by atoms with Gasteiger partial charge in [-0.3, -0.25) is 4.98 Å². The molecule has 0 radical (unpaired) electrons. The maximum absolute atomic E-state index is 12.9. The maximum atomic E-state index is 12.9. The van der Waals surface area contributed by atoms with Crippen molar-refractivity contribution < 1.29 is 19.4 Å². The summed E-state index contributed by atoms with van der Waals surface area (Å²) in [6, 6.07) is 18.7. The second-order valence-corrected chi connectivity index (χ2v) is 9.48. The van der Waals surface area contributed by atoms with E-state index in [1.54, 1.807) is 25.8 Å². The minimum Gasteiger partial charge on any atom is -0.445 e. The van der Waals surface area contributed by atoms with Crippen molar-refractivity contribution in [3.05, 3.63) is 88.4 Å². The molecule has 3 rings (SSSR count). The summed E-state index contributed by atoms with van der Waals surface area (Å²) >= 11 is 1.43. The number of thiazole rings is 1. The summed E-state index contributed by atoms with van der Waals surface area (Å²) in [6.45, 7) is 0.488. The molecule has 0 saturated heterocycles. The van der Waals surface area contributed by atoms with Crippen molar-refractivity contribution in [3.8, 4) is 0 Å². The van der Waals surface area contributed by atoms with E-state index in [0.717, 1.165) is 16.0 Å². The molecule has 2 atom stereocenters. The van der Waals surface area contributed by atoms with Gasteiger partial charge in [-0.05, 0) is 24.0 Å². The molecule has 2 aromatic carbocycles. The van der Waals surface area contributed by atoms with Crippen molar-refractivity contribution in [2.24, 2.45) is 0 Å². The molecule has 0 saturated carbocycles. The van der Waals surface area contributed by atoms with Gasteiger partial charge in [0.15, 0.2) is 0 Å². The fraction of sp³-hybridized carbons (Fsp3) is 0.346. The first-order chi connectivity index (χ1) is 16.9. The number of hydrogen-bond acceptors (Lipinski definition) is 6. The predicted molar refractivity (Wildman–Crippen MR) is 136 cm³/mol. The Morgan fingerprint density at radius 1 is 1.06 bits per heavy atom. The van der Waals surface area contributed by atoms with Gasteiger partial charge in [0, 0.05) is 31.2 Å². The van der Waals surface area contributed by atoms with Gasteiger partial charge in [-0.25, -0.2) is 9.59 Å². The Balaban J connectivity index is 1.66. The summed E-state index contributed by atoms with van der Waals surface area (Å²) in [4.78, 5) is 33.2. The number of aliphatic hydroxyl groups is 1. The van der Waals surface area contributed by atoms with Crippen molar-refractivity contribution in [3.63, 3.8) is 0 Å². The average molecular weight is 497 g/mol. The van der Waals surface area contributed by atoms with Crippen LogP contribution in [0.4, 0.5) is 9.59 Å². The number of hydrogen-bond donors (Lipinski definition) is 2. The third-order valence-electron chi connectivity index (χ3n) is 5.34. The third kappa shape index (κ3) is 9.03. The lowest BCUT2D eigenvalue weighted by atomic mass is 10.0. The van der Waals surface area contributed by atoms with E-state index in [1.165, 1.54) is 21.1 Å². The monoisotopic (exact) mass is 496 g/mol. The molecule has 9 heteroatoms. The highest BCUT2D eigenvalue weighted by Crippen LogP contribution is 2.15. The molecule has 2 N–H and O–H groups in total. The second-order valence-electron chi connectivity index (χ2n) is 8.51. The molecule has 0 bridgehead atoms. The van der Waals surface area contributed by atoms with Gasteiger partial charge in [-0.1, -0.05) is 60.7 Å². The number of aromatic nitrogens is 1. The number of amides is 3. The highest BCUT2D eigenvalue weighted by atomic mass is 32.1. The van der Waals surface area contributed by atoms with Gasteiger partial charge in [0.05, 0.1) is 24.7 Å². The van der Waals surface area contributed by atoms with E-state index < -0.39 is 12.2 Å². The molecule has 0 aliphatic rings. The Morgan fingerprint density at radius 2 is 1.71 bits per heavy atom. The minimum absolute atomic E-state index is 0.0641. The average Bonchev–Trinajstić information content (AvgIpc) is 3.36. The summed E-state index contributed by atoms with van der Waals surface area (Å²) < 4.78 is 5.52. The van der Waals surface area contributed by atoms with Crippen LogP contribution >= 0.6 is 11.3 Å². The smallest absolute Gasteiger partial charge is 0.410 e. The number of urea groups is 1. The van der Waals surface area contributed by atoms with Crippen LogP contribution in [0.2, 0.25) is 0 Å². The lowest BCUT2D eigenvalue weighted by Gasteiger charge is -2.28. The quantitative estimate of drug-likeness (QED) is 0.420. The molecule has 0 fully saturated rings. The van der Waals surface area contributed by atoms with Crippen LogP contribution in [0.3, 0.4) is 0 Å². The lowest BCUT2D eigenvalue weighted by Crippen LogP contribution is -2.46. The summed E-state index contributed by atoms with van der Waals surface area (Å²) in [5.41, 5.74) is 3.63. The molecule has 1 heterocycles. The van der Waals surface area contributed by atoms with Crippen LogP contribution in [0.25, 0.3) is 0 Å². The van der Waals surface area contributed by atoms with E-state index >= 15 is 0 Å². The molecule has 1 aromatic heterocycles. The molecular weight excluding hydrogens is 464 g/mol.